The normalized spacial score (nSPS) is 11.2. The van der Waals surface area contributed by atoms with E-state index in [1.165, 1.54) is 13.3 Å². The number of aromatic nitrogens is 2. The van der Waals surface area contributed by atoms with Crippen LogP contribution in [-0.2, 0) is 15.8 Å². The molecule has 0 fully saturated rings. The molecule has 0 amide bonds. The minimum absolute atomic E-state index is 0.276. The van der Waals surface area contributed by atoms with Crippen LogP contribution < -0.4 is 20.5 Å². The lowest BCUT2D eigenvalue weighted by Crippen LogP contribution is -2.15. The van der Waals surface area contributed by atoms with Crippen LogP contribution in [0.3, 0.4) is 0 Å². The maximum absolute atomic E-state index is 11.6. The summed E-state index contributed by atoms with van der Waals surface area (Å²) in [5.74, 6) is 0.795. The van der Waals surface area contributed by atoms with E-state index in [1.54, 1.807) is 18.2 Å². The lowest BCUT2D eigenvalue weighted by atomic mass is 10.1. The second-order valence-electron chi connectivity index (χ2n) is 6.79. The van der Waals surface area contributed by atoms with E-state index >= 15 is 0 Å². The number of hydrogen-bond donors (Lipinski definition) is 3. The molecule has 0 aliphatic heterocycles. The molecule has 0 radical (unpaired) electrons. The van der Waals surface area contributed by atoms with Crippen LogP contribution in [0.5, 0.6) is 5.75 Å². The molecular weight excluding hydrogens is 426 g/mol. The van der Waals surface area contributed by atoms with Crippen LogP contribution in [0.15, 0.2) is 42.6 Å². The lowest BCUT2D eigenvalue weighted by Gasteiger charge is -2.15. The van der Waals surface area contributed by atoms with Crippen LogP contribution in [0.2, 0.25) is 5.02 Å². The van der Waals surface area contributed by atoms with Crippen molar-refractivity contribution in [1.29, 1.82) is 0 Å². The van der Waals surface area contributed by atoms with Gasteiger partial charge in [0, 0.05) is 11.4 Å². The molecule has 30 heavy (non-hydrogen) atoms. The zero-order valence-corrected chi connectivity index (χ0v) is 18.3. The number of rotatable bonds is 7. The van der Waals surface area contributed by atoms with Crippen LogP contribution in [-0.4, -0.2) is 25.5 Å². The molecule has 0 aliphatic rings. The molecule has 0 bridgehead atoms. The zero-order valence-electron chi connectivity index (χ0n) is 16.7. The molecule has 3 rings (SSSR count). The minimum atomic E-state index is -3.76. The van der Waals surface area contributed by atoms with Gasteiger partial charge < -0.3 is 15.4 Å². The zero-order chi connectivity index (χ0) is 21.9. The maximum atomic E-state index is 11.6. The topological polar surface area (TPSA) is 119 Å². The third-order valence-electron chi connectivity index (χ3n) is 4.29. The van der Waals surface area contributed by atoms with Crippen molar-refractivity contribution in [1.82, 2.24) is 9.97 Å². The van der Waals surface area contributed by atoms with E-state index in [-0.39, 0.29) is 10.8 Å². The van der Waals surface area contributed by atoms with E-state index in [0.717, 1.165) is 16.8 Å². The Morgan fingerprint density at radius 2 is 1.83 bits per heavy atom. The number of halogens is 1. The Morgan fingerprint density at radius 3 is 2.50 bits per heavy atom. The van der Waals surface area contributed by atoms with E-state index in [0.29, 0.717) is 28.8 Å². The molecule has 1 aromatic heterocycles. The summed E-state index contributed by atoms with van der Waals surface area (Å²) in [6, 6.07) is 10.9. The number of nitrogens with zero attached hydrogens (tertiary/aromatic N) is 2. The summed E-state index contributed by atoms with van der Waals surface area (Å²) in [6.45, 7) is 4.01. The number of aryl methyl sites for hydroxylation is 2. The van der Waals surface area contributed by atoms with Crippen molar-refractivity contribution in [3.63, 3.8) is 0 Å². The Kier molecular flexibility index (Phi) is 6.45. The standard InChI is InChI=1S/C20H22ClN5O3S/c1-12-4-6-17(13(2)8-12)25-20-23-10-16(21)19(26-20)24-18-7-5-15(29-3)9-14(18)11-30(22,27)28/h4-10H,11H2,1-3H3,(H2,22,27,28)(H2,23,24,25,26). The van der Waals surface area contributed by atoms with E-state index in [1.807, 2.05) is 32.0 Å². The van der Waals surface area contributed by atoms with Crippen LogP contribution in [0.25, 0.3) is 0 Å². The third kappa shape index (κ3) is 5.59. The predicted molar refractivity (Wildman–Crippen MR) is 119 cm³/mol. The minimum Gasteiger partial charge on any atom is -0.497 e. The number of ether oxygens (including phenoxy) is 1. The molecule has 1 heterocycles. The fraction of sp³-hybridized carbons (Fsp3) is 0.200. The van der Waals surface area contributed by atoms with E-state index in [9.17, 15) is 8.42 Å². The van der Waals surface area contributed by atoms with Gasteiger partial charge in [-0.25, -0.2) is 18.5 Å². The molecule has 0 atom stereocenters. The number of nitrogens with two attached hydrogens (primary N) is 1. The fourth-order valence-electron chi connectivity index (χ4n) is 2.87. The van der Waals surface area contributed by atoms with Gasteiger partial charge in [-0.1, -0.05) is 29.3 Å². The van der Waals surface area contributed by atoms with Crippen molar-refractivity contribution in [2.24, 2.45) is 5.14 Å². The molecule has 0 saturated carbocycles. The highest BCUT2D eigenvalue weighted by Crippen LogP contribution is 2.30. The number of nitrogens with one attached hydrogen (secondary N) is 2. The lowest BCUT2D eigenvalue weighted by molar-refractivity contribution is 0.414. The number of anilines is 4. The number of hydrogen-bond acceptors (Lipinski definition) is 7. The summed E-state index contributed by atoms with van der Waals surface area (Å²) in [5.41, 5.74) is 3.99. The monoisotopic (exact) mass is 447 g/mol. The molecule has 158 valence electrons. The van der Waals surface area contributed by atoms with E-state index < -0.39 is 10.0 Å². The smallest absolute Gasteiger partial charge is 0.229 e. The first-order valence-corrected chi connectivity index (χ1v) is 11.0. The molecule has 0 saturated heterocycles. The average Bonchev–Trinajstić information content (AvgIpc) is 2.66. The molecule has 8 nitrogen and oxygen atoms in total. The Balaban J connectivity index is 1.92. The molecule has 0 unspecified atom stereocenters. The summed E-state index contributed by atoms with van der Waals surface area (Å²) in [5, 5.41) is 11.7. The summed E-state index contributed by atoms with van der Waals surface area (Å²) < 4.78 is 28.4. The third-order valence-corrected chi connectivity index (χ3v) is 5.28. The number of methoxy groups -OCH3 is 1. The van der Waals surface area contributed by atoms with Crippen molar-refractivity contribution in [2.45, 2.75) is 19.6 Å². The van der Waals surface area contributed by atoms with Crippen LogP contribution in [0.1, 0.15) is 16.7 Å². The van der Waals surface area contributed by atoms with Crippen LogP contribution in [0, 0.1) is 13.8 Å². The van der Waals surface area contributed by atoms with Gasteiger partial charge in [0.05, 0.1) is 19.1 Å². The number of primary sulfonamides is 1. The first-order valence-electron chi connectivity index (χ1n) is 8.96. The largest absolute Gasteiger partial charge is 0.497 e. The Hall–Kier alpha value is -2.88. The quantitative estimate of drug-likeness (QED) is 0.500. The molecular formula is C20H22ClN5O3S. The van der Waals surface area contributed by atoms with Gasteiger partial charge >= 0.3 is 0 Å². The summed E-state index contributed by atoms with van der Waals surface area (Å²) in [4.78, 5) is 8.65. The second-order valence-corrected chi connectivity index (χ2v) is 8.81. The highest BCUT2D eigenvalue weighted by molar-refractivity contribution is 7.88. The van der Waals surface area contributed by atoms with Gasteiger partial charge in [-0.15, -0.1) is 0 Å². The Bertz CT molecular complexity index is 1190. The summed E-state index contributed by atoms with van der Waals surface area (Å²) in [6.07, 6.45) is 1.46. The highest BCUT2D eigenvalue weighted by Gasteiger charge is 2.14. The molecule has 2 aromatic carbocycles. The van der Waals surface area contributed by atoms with E-state index in [2.05, 4.69) is 20.6 Å². The average molecular weight is 448 g/mol. The number of benzene rings is 2. The van der Waals surface area contributed by atoms with Gasteiger partial charge in [-0.2, -0.15) is 4.98 Å². The van der Waals surface area contributed by atoms with Crippen molar-refractivity contribution in [2.75, 3.05) is 17.7 Å². The predicted octanol–water partition coefficient (Wildman–Crippen LogP) is 4.03. The molecule has 4 N–H and O–H groups in total. The molecule has 0 spiro atoms. The molecule has 0 aliphatic carbocycles. The van der Waals surface area contributed by atoms with Gasteiger partial charge in [-0.3, -0.25) is 0 Å². The summed E-state index contributed by atoms with van der Waals surface area (Å²) >= 11 is 6.26. The second kappa shape index (κ2) is 8.86. The van der Waals surface area contributed by atoms with Crippen LogP contribution in [0.4, 0.5) is 23.1 Å². The fourth-order valence-corrected chi connectivity index (χ4v) is 3.68. The van der Waals surface area contributed by atoms with Gasteiger partial charge in [0.15, 0.2) is 5.82 Å². The highest BCUT2D eigenvalue weighted by atomic mass is 35.5. The Morgan fingerprint density at radius 1 is 1.10 bits per heavy atom. The summed E-state index contributed by atoms with van der Waals surface area (Å²) in [7, 11) is -2.26. The molecule has 3 aromatic rings. The van der Waals surface area contributed by atoms with Crippen molar-refractivity contribution in [3.05, 3.63) is 64.3 Å². The van der Waals surface area contributed by atoms with Gasteiger partial charge in [0.1, 0.15) is 10.8 Å². The number of sulfonamides is 1. The van der Waals surface area contributed by atoms with Crippen LogP contribution >= 0.6 is 11.6 Å². The van der Waals surface area contributed by atoms with Gasteiger partial charge in [0.2, 0.25) is 16.0 Å². The first-order chi connectivity index (χ1) is 14.1. The van der Waals surface area contributed by atoms with Crippen molar-refractivity contribution in [3.8, 4) is 5.75 Å². The Labute approximate surface area is 180 Å². The van der Waals surface area contributed by atoms with Crippen molar-refractivity contribution < 1.29 is 13.2 Å². The molecule has 10 heteroatoms. The van der Waals surface area contributed by atoms with Gasteiger partial charge in [-0.05, 0) is 49.2 Å². The van der Waals surface area contributed by atoms with Gasteiger partial charge in [0.25, 0.3) is 0 Å². The maximum Gasteiger partial charge on any atom is 0.229 e. The SMILES string of the molecule is COc1ccc(Nc2nc(Nc3ccc(C)cc3C)ncc2Cl)c(CS(N)(=O)=O)c1. The van der Waals surface area contributed by atoms with E-state index in [4.69, 9.17) is 21.5 Å². The first kappa shape index (κ1) is 21.8. The van der Waals surface area contributed by atoms with Crippen molar-refractivity contribution >= 4 is 44.8 Å².